The Balaban J connectivity index is 1.54. The molecule has 0 radical (unpaired) electrons. The number of aromatic nitrogens is 2. The van der Waals surface area contributed by atoms with Crippen LogP contribution in [0, 0.1) is 12.7 Å². The van der Waals surface area contributed by atoms with E-state index in [0.29, 0.717) is 32.0 Å². The van der Waals surface area contributed by atoms with Crippen LogP contribution >= 0.6 is 0 Å². The molecule has 3 heterocycles. The van der Waals surface area contributed by atoms with E-state index in [1.807, 2.05) is 17.9 Å². The summed E-state index contributed by atoms with van der Waals surface area (Å²) >= 11 is 0. The van der Waals surface area contributed by atoms with Gasteiger partial charge in [0.05, 0.1) is 6.20 Å². The first-order valence-corrected chi connectivity index (χ1v) is 7.47. The van der Waals surface area contributed by atoms with Gasteiger partial charge < -0.3 is 9.80 Å². The lowest BCUT2D eigenvalue weighted by Crippen LogP contribution is -2.50. The highest BCUT2D eigenvalue weighted by Crippen LogP contribution is 2.14. The standard InChI is InChI=1S/C16H18FN5O/c1-12-2-4-14(18-10-12)20-16(23)22-8-6-21(7-9-22)15-5-3-13(17)11-19-15/h2-5,10-11H,6-9H2,1H3,(H,18,20,23). The van der Waals surface area contributed by atoms with Crippen molar-refractivity contribution in [1.82, 2.24) is 14.9 Å². The van der Waals surface area contributed by atoms with Gasteiger partial charge in [-0.05, 0) is 30.7 Å². The zero-order valence-corrected chi connectivity index (χ0v) is 12.9. The molecule has 0 unspecified atom stereocenters. The average molecular weight is 315 g/mol. The zero-order valence-electron chi connectivity index (χ0n) is 12.9. The summed E-state index contributed by atoms with van der Waals surface area (Å²) in [5, 5.41) is 2.79. The third-order valence-electron chi connectivity index (χ3n) is 3.75. The molecule has 1 aliphatic rings. The van der Waals surface area contributed by atoms with Crippen LogP contribution in [0.25, 0.3) is 0 Å². The number of aryl methyl sites for hydroxylation is 1. The predicted octanol–water partition coefficient (Wildman–Crippen LogP) is 2.28. The van der Waals surface area contributed by atoms with E-state index < -0.39 is 0 Å². The van der Waals surface area contributed by atoms with E-state index in [1.54, 1.807) is 23.2 Å². The SMILES string of the molecule is Cc1ccc(NC(=O)N2CCN(c3ccc(F)cn3)CC2)nc1. The Morgan fingerprint density at radius 1 is 1.09 bits per heavy atom. The maximum absolute atomic E-state index is 12.9. The second kappa shape index (κ2) is 6.60. The van der Waals surface area contributed by atoms with Gasteiger partial charge in [-0.15, -0.1) is 0 Å². The number of hydrogen-bond acceptors (Lipinski definition) is 4. The molecule has 7 heteroatoms. The largest absolute Gasteiger partial charge is 0.353 e. The first kappa shape index (κ1) is 15.2. The van der Waals surface area contributed by atoms with Crippen LogP contribution in [0.15, 0.2) is 36.7 Å². The molecule has 0 spiro atoms. The fourth-order valence-electron chi connectivity index (χ4n) is 2.42. The number of urea groups is 1. The average Bonchev–Trinajstić information content (AvgIpc) is 2.58. The van der Waals surface area contributed by atoms with Gasteiger partial charge in [0.1, 0.15) is 17.5 Å². The maximum atomic E-state index is 12.9. The van der Waals surface area contributed by atoms with E-state index in [4.69, 9.17) is 0 Å². The summed E-state index contributed by atoms with van der Waals surface area (Å²) in [6.07, 6.45) is 2.92. The van der Waals surface area contributed by atoms with Gasteiger partial charge in [-0.2, -0.15) is 0 Å². The Labute approximate surface area is 134 Å². The minimum atomic E-state index is -0.350. The summed E-state index contributed by atoms with van der Waals surface area (Å²) in [6.45, 7) is 4.43. The Morgan fingerprint density at radius 2 is 1.87 bits per heavy atom. The summed E-state index contributed by atoms with van der Waals surface area (Å²) in [4.78, 5) is 24.2. The van der Waals surface area contributed by atoms with E-state index >= 15 is 0 Å². The van der Waals surface area contributed by atoms with Crippen LogP contribution in [-0.4, -0.2) is 47.1 Å². The number of halogens is 1. The molecule has 0 atom stereocenters. The molecule has 120 valence electrons. The zero-order chi connectivity index (χ0) is 16.2. The maximum Gasteiger partial charge on any atom is 0.323 e. The summed E-state index contributed by atoms with van der Waals surface area (Å²) in [7, 11) is 0. The van der Waals surface area contributed by atoms with Crippen LogP contribution < -0.4 is 10.2 Å². The van der Waals surface area contributed by atoms with Crippen LogP contribution in [0.4, 0.5) is 20.8 Å². The fourth-order valence-corrected chi connectivity index (χ4v) is 2.42. The quantitative estimate of drug-likeness (QED) is 0.923. The molecule has 2 aromatic heterocycles. The van der Waals surface area contributed by atoms with E-state index in [-0.39, 0.29) is 11.8 Å². The molecule has 0 saturated carbocycles. The molecule has 0 bridgehead atoms. The Kier molecular flexibility index (Phi) is 4.36. The lowest BCUT2D eigenvalue weighted by atomic mass is 10.3. The highest BCUT2D eigenvalue weighted by atomic mass is 19.1. The topological polar surface area (TPSA) is 61.4 Å². The van der Waals surface area contributed by atoms with Crippen molar-refractivity contribution in [3.8, 4) is 0 Å². The molecular formula is C16H18FN5O. The van der Waals surface area contributed by atoms with Gasteiger partial charge in [-0.3, -0.25) is 5.32 Å². The molecule has 2 aromatic rings. The first-order chi connectivity index (χ1) is 11.1. The van der Waals surface area contributed by atoms with Crippen LogP contribution in [0.5, 0.6) is 0 Å². The highest BCUT2D eigenvalue weighted by molar-refractivity contribution is 5.88. The fraction of sp³-hybridized carbons (Fsp3) is 0.312. The van der Waals surface area contributed by atoms with Crippen molar-refractivity contribution in [2.45, 2.75) is 6.92 Å². The Morgan fingerprint density at radius 3 is 2.48 bits per heavy atom. The number of carbonyl (C=O) groups excluding carboxylic acids is 1. The van der Waals surface area contributed by atoms with Crippen molar-refractivity contribution >= 4 is 17.7 Å². The molecule has 0 aliphatic carbocycles. The second-order valence-corrected chi connectivity index (χ2v) is 5.46. The lowest BCUT2D eigenvalue weighted by Gasteiger charge is -2.35. The van der Waals surface area contributed by atoms with Crippen molar-refractivity contribution in [3.63, 3.8) is 0 Å². The van der Waals surface area contributed by atoms with Gasteiger partial charge >= 0.3 is 6.03 Å². The Bertz CT molecular complexity index is 666. The molecule has 1 N–H and O–H groups in total. The third kappa shape index (κ3) is 3.74. The van der Waals surface area contributed by atoms with Gasteiger partial charge in [-0.1, -0.05) is 6.07 Å². The number of nitrogens with one attached hydrogen (secondary N) is 1. The summed E-state index contributed by atoms with van der Waals surface area (Å²) in [5.41, 5.74) is 1.04. The molecular weight excluding hydrogens is 297 g/mol. The van der Waals surface area contributed by atoms with Gasteiger partial charge in [-0.25, -0.2) is 19.2 Å². The number of amides is 2. The van der Waals surface area contributed by atoms with Crippen molar-refractivity contribution in [3.05, 3.63) is 48.0 Å². The number of anilines is 2. The Hall–Kier alpha value is -2.70. The summed E-state index contributed by atoms with van der Waals surface area (Å²) in [6, 6.07) is 6.58. The smallest absolute Gasteiger partial charge is 0.323 e. The molecule has 23 heavy (non-hydrogen) atoms. The van der Waals surface area contributed by atoms with E-state index in [2.05, 4.69) is 15.3 Å². The van der Waals surface area contributed by atoms with Gasteiger partial charge in [0.2, 0.25) is 0 Å². The summed E-state index contributed by atoms with van der Waals surface area (Å²) < 4.78 is 12.9. The van der Waals surface area contributed by atoms with Crippen LogP contribution in [0.3, 0.4) is 0 Å². The number of pyridine rings is 2. The van der Waals surface area contributed by atoms with Crippen molar-refractivity contribution < 1.29 is 9.18 Å². The molecule has 1 aliphatic heterocycles. The van der Waals surface area contributed by atoms with Gasteiger partial charge in [0.15, 0.2) is 0 Å². The minimum Gasteiger partial charge on any atom is -0.353 e. The van der Waals surface area contributed by atoms with Gasteiger partial charge in [0, 0.05) is 32.4 Å². The number of piperazine rings is 1. The number of nitrogens with zero attached hydrogens (tertiary/aromatic N) is 4. The summed E-state index contributed by atoms with van der Waals surface area (Å²) in [5.74, 6) is 0.923. The minimum absolute atomic E-state index is 0.159. The molecule has 3 rings (SSSR count). The monoisotopic (exact) mass is 315 g/mol. The third-order valence-corrected chi connectivity index (χ3v) is 3.75. The number of hydrogen-bond donors (Lipinski definition) is 1. The van der Waals surface area contributed by atoms with Crippen LogP contribution in [-0.2, 0) is 0 Å². The number of rotatable bonds is 2. The normalized spacial score (nSPS) is 14.7. The molecule has 6 nitrogen and oxygen atoms in total. The molecule has 0 aromatic carbocycles. The first-order valence-electron chi connectivity index (χ1n) is 7.47. The molecule has 1 saturated heterocycles. The predicted molar refractivity (Wildman–Crippen MR) is 86.0 cm³/mol. The van der Waals surface area contributed by atoms with Crippen molar-refractivity contribution in [1.29, 1.82) is 0 Å². The van der Waals surface area contributed by atoms with Crippen LogP contribution in [0.1, 0.15) is 5.56 Å². The van der Waals surface area contributed by atoms with E-state index in [1.165, 1.54) is 12.3 Å². The molecule has 1 fully saturated rings. The molecule has 2 amide bonds. The number of carbonyl (C=O) groups is 1. The van der Waals surface area contributed by atoms with Crippen molar-refractivity contribution in [2.75, 3.05) is 36.4 Å². The van der Waals surface area contributed by atoms with Gasteiger partial charge in [0.25, 0.3) is 0 Å². The van der Waals surface area contributed by atoms with E-state index in [0.717, 1.165) is 11.4 Å². The van der Waals surface area contributed by atoms with Crippen LogP contribution in [0.2, 0.25) is 0 Å². The second-order valence-electron chi connectivity index (χ2n) is 5.46. The van der Waals surface area contributed by atoms with Crippen molar-refractivity contribution in [2.24, 2.45) is 0 Å². The lowest BCUT2D eigenvalue weighted by molar-refractivity contribution is 0.208. The van der Waals surface area contributed by atoms with E-state index in [9.17, 15) is 9.18 Å². The highest BCUT2D eigenvalue weighted by Gasteiger charge is 2.22.